The summed E-state index contributed by atoms with van der Waals surface area (Å²) in [5.74, 6) is 2.55. The lowest BCUT2D eigenvalue weighted by molar-refractivity contribution is 0.224. The molecule has 1 fully saturated rings. The summed E-state index contributed by atoms with van der Waals surface area (Å²) in [6, 6.07) is 0.974. The Labute approximate surface area is 79.1 Å². The molecule has 3 heteroatoms. The van der Waals surface area contributed by atoms with Gasteiger partial charge < -0.3 is 10.4 Å². The third kappa shape index (κ3) is 3.33. The van der Waals surface area contributed by atoms with Crippen molar-refractivity contribution in [2.45, 2.75) is 38.3 Å². The van der Waals surface area contributed by atoms with Crippen molar-refractivity contribution in [3.63, 3.8) is 0 Å². The second kappa shape index (κ2) is 5.84. The highest BCUT2D eigenvalue weighted by Gasteiger charge is 2.16. The number of nitrogens with one attached hydrogen (secondary N) is 1. The lowest BCUT2D eigenvalue weighted by Gasteiger charge is -2.26. The second-order valence-electron chi connectivity index (χ2n) is 3.34. The molecule has 0 aromatic heterocycles. The Morgan fingerprint density at radius 1 is 1.50 bits per heavy atom. The van der Waals surface area contributed by atoms with E-state index < -0.39 is 0 Å². The predicted molar refractivity (Wildman–Crippen MR) is 54.6 cm³/mol. The summed E-state index contributed by atoms with van der Waals surface area (Å²) in [7, 11) is 0. The van der Waals surface area contributed by atoms with Crippen LogP contribution in [0.5, 0.6) is 0 Å². The number of aliphatic hydroxyl groups excluding tert-OH is 1. The Kier molecular flexibility index (Phi) is 5.04. The van der Waals surface area contributed by atoms with Gasteiger partial charge in [-0.3, -0.25) is 0 Å². The Bertz CT molecular complexity index is 111. The molecule has 1 aliphatic heterocycles. The lowest BCUT2D eigenvalue weighted by atomic mass is 10.1. The van der Waals surface area contributed by atoms with Crippen molar-refractivity contribution < 1.29 is 5.11 Å². The fraction of sp³-hybridized carbons (Fsp3) is 1.00. The summed E-state index contributed by atoms with van der Waals surface area (Å²) in [4.78, 5) is 0. The molecule has 0 aromatic carbocycles. The zero-order chi connectivity index (χ0) is 8.81. The molecule has 0 unspecified atom stereocenters. The van der Waals surface area contributed by atoms with Crippen molar-refractivity contribution >= 4 is 11.8 Å². The van der Waals surface area contributed by atoms with Gasteiger partial charge in [0.15, 0.2) is 0 Å². The van der Waals surface area contributed by atoms with E-state index >= 15 is 0 Å². The molecular formula is C9H19NOS. The summed E-state index contributed by atoms with van der Waals surface area (Å²) in [6.45, 7) is 2.39. The van der Waals surface area contributed by atoms with E-state index in [-0.39, 0.29) is 6.61 Å². The molecule has 0 aliphatic carbocycles. The average Bonchev–Trinajstić information content (AvgIpc) is 2.16. The Morgan fingerprint density at radius 2 is 2.17 bits per heavy atom. The monoisotopic (exact) mass is 189 g/mol. The van der Waals surface area contributed by atoms with Crippen LogP contribution in [0.25, 0.3) is 0 Å². The van der Waals surface area contributed by atoms with Crippen LogP contribution >= 0.6 is 11.8 Å². The number of hydrogen-bond acceptors (Lipinski definition) is 3. The van der Waals surface area contributed by atoms with E-state index in [1.807, 2.05) is 11.8 Å². The molecule has 72 valence electrons. The molecule has 1 atom stereocenters. The standard InChI is InChI=1S/C9H19NOS/c1-2-8(7-11)10-9-3-5-12-6-4-9/h8-11H,2-7H2,1H3/t8-/m1/s1. The molecule has 0 aromatic rings. The molecule has 0 saturated carbocycles. The zero-order valence-electron chi connectivity index (χ0n) is 7.75. The van der Waals surface area contributed by atoms with Gasteiger partial charge in [-0.25, -0.2) is 0 Å². The fourth-order valence-electron chi connectivity index (χ4n) is 1.50. The highest BCUT2D eigenvalue weighted by Crippen LogP contribution is 2.17. The van der Waals surface area contributed by atoms with Crippen LogP contribution < -0.4 is 5.32 Å². The van der Waals surface area contributed by atoms with Gasteiger partial charge in [-0.1, -0.05) is 6.92 Å². The van der Waals surface area contributed by atoms with Crippen LogP contribution in [-0.2, 0) is 0 Å². The SMILES string of the molecule is CC[C@H](CO)NC1CCSCC1. The first kappa shape index (κ1) is 10.4. The first-order valence-electron chi connectivity index (χ1n) is 4.81. The molecule has 0 spiro atoms. The minimum absolute atomic E-state index is 0.278. The summed E-state index contributed by atoms with van der Waals surface area (Å²) >= 11 is 2.04. The summed E-state index contributed by atoms with van der Waals surface area (Å²) < 4.78 is 0. The van der Waals surface area contributed by atoms with Crippen molar-refractivity contribution in [3.8, 4) is 0 Å². The van der Waals surface area contributed by atoms with Crippen molar-refractivity contribution in [1.82, 2.24) is 5.32 Å². The largest absolute Gasteiger partial charge is 0.395 e. The number of rotatable bonds is 4. The minimum Gasteiger partial charge on any atom is -0.395 e. The number of aliphatic hydroxyl groups is 1. The second-order valence-corrected chi connectivity index (χ2v) is 4.57. The van der Waals surface area contributed by atoms with Crippen LogP contribution in [0, 0.1) is 0 Å². The maximum absolute atomic E-state index is 8.99. The van der Waals surface area contributed by atoms with Crippen LogP contribution in [0.3, 0.4) is 0 Å². The summed E-state index contributed by atoms with van der Waals surface area (Å²) in [5.41, 5.74) is 0. The lowest BCUT2D eigenvalue weighted by Crippen LogP contribution is -2.41. The molecule has 12 heavy (non-hydrogen) atoms. The molecule has 1 rings (SSSR count). The van der Waals surface area contributed by atoms with Crippen molar-refractivity contribution in [2.24, 2.45) is 0 Å². The van der Waals surface area contributed by atoms with E-state index in [0.29, 0.717) is 12.1 Å². The van der Waals surface area contributed by atoms with Crippen molar-refractivity contribution in [2.75, 3.05) is 18.1 Å². The highest BCUT2D eigenvalue weighted by atomic mass is 32.2. The zero-order valence-corrected chi connectivity index (χ0v) is 8.57. The van der Waals surface area contributed by atoms with Crippen LogP contribution in [0.15, 0.2) is 0 Å². The molecule has 1 heterocycles. The van der Waals surface area contributed by atoms with E-state index in [2.05, 4.69) is 12.2 Å². The van der Waals surface area contributed by atoms with Gasteiger partial charge in [0.2, 0.25) is 0 Å². The summed E-state index contributed by atoms with van der Waals surface area (Å²) in [5, 5.41) is 12.5. The number of hydrogen-bond donors (Lipinski definition) is 2. The van der Waals surface area contributed by atoms with E-state index in [9.17, 15) is 0 Å². The van der Waals surface area contributed by atoms with E-state index in [4.69, 9.17) is 5.11 Å². The summed E-state index contributed by atoms with van der Waals surface area (Å²) in [6.07, 6.45) is 3.56. The molecule has 1 aliphatic rings. The Hall–Kier alpha value is 0.270. The quantitative estimate of drug-likeness (QED) is 0.698. The number of thioether (sulfide) groups is 1. The van der Waals surface area contributed by atoms with E-state index in [0.717, 1.165) is 6.42 Å². The van der Waals surface area contributed by atoms with Crippen LogP contribution in [-0.4, -0.2) is 35.3 Å². The maximum atomic E-state index is 8.99. The van der Waals surface area contributed by atoms with Crippen LogP contribution in [0.4, 0.5) is 0 Å². The van der Waals surface area contributed by atoms with Crippen LogP contribution in [0.2, 0.25) is 0 Å². The van der Waals surface area contributed by atoms with Gasteiger partial charge in [0, 0.05) is 12.1 Å². The normalized spacial score (nSPS) is 22.5. The van der Waals surface area contributed by atoms with Gasteiger partial charge in [-0.15, -0.1) is 0 Å². The highest BCUT2D eigenvalue weighted by molar-refractivity contribution is 7.99. The first-order chi connectivity index (χ1) is 5.86. The van der Waals surface area contributed by atoms with Gasteiger partial charge in [-0.05, 0) is 30.8 Å². The fourth-order valence-corrected chi connectivity index (χ4v) is 2.60. The molecule has 0 amide bonds. The Balaban J connectivity index is 2.18. The van der Waals surface area contributed by atoms with Gasteiger partial charge in [0.1, 0.15) is 0 Å². The van der Waals surface area contributed by atoms with Gasteiger partial charge in [0.25, 0.3) is 0 Å². The van der Waals surface area contributed by atoms with Crippen molar-refractivity contribution in [3.05, 3.63) is 0 Å². The average molecular weight is 189 g/mol. The smallest absolute Gasteiger partial charge is 0.0584 e. The van der Waals surface area contributed by atoms with Crippen LogP contribution in [0.1, 0.15) is 26.2 Å². The van der Waals surface area contributed by atoms with E-state index in [1.54, 1.807) is 0 Å². The molecule has 2 N–H and O–H groups in total. The molecular weight excluding hydrogens is 170 g/mol. The molecule has 2 nitrogen and oxygen atoms in total. The maximum Gasteiger partial charge on any atom is 0.0584 e. The van der Waals surface area contributed by atoms with Gasteiger partial charge >= 0.3 is 0 Å². The predicted octanol–water partition coefficient (Wildman–Crippen LogP) is 1.24. The van der Waals surface area contributed by atoms with Crippen molar-refractivity contribution in [1.29, 1.82) is 0 Å². The first-order valence-corrected chi connectivity index (χ1v) is 5.97. The third-order valence-electron chi connectivity index (χ3n) is 2.41. The van der Waals surface area contributed by atoms with E-state index in [1.165, 1.54) is 24.3 Å². The third-order valence-corrected chi connectivity index (χ3v) is 3.45. The Morgan fingerprint density at radius 3 is 2.67 bits per heavy atom. The van der Waals surface area contributed by atoms with Gasteiger partial charge in [0.05, 0.1) is 6.61 Å². The van der Waals surface area contributed by atoms with Gasteiger partial charge in [-0.2, -0.15) is 11.8 Å². The minimum atomic E-state index is 0.278. The molecule has 0 bridgehead atoms. The topological polar surface area (TPSA) is 32.3 Å². The molecule has 1 saturated heterocycles. The molecule has 0 radical (unpaired) electrons.